The lowest BCUT2D eigenvalue weighted by molar-refractivity contribution is -0.0365. The Labute approximate surface area is 204 Å². The number of benzene rings is 1. The van der Waals surface area contributed by atoms with Crippen LogP contribution in [0.3, 0.4) is 0 Å². The predicted molar refractivity (Wildman–Crippen MR) is 134 cm³/mol. The SMILES string of the molecule is COc1cc(N=CC(=CN)CCO)nc(-c2nn(C3CCCCO3)c3ccc(OC(C)C)cc23)n1. The van der Waals surface area contributed by atoms with Gasteiger partial charge in [0.2, 0.25) is 5.88 Å². The molecule has 0 radical (unpaired) electrons. The molecule has 3 heterocycles. The van der Waals surface area contributed by atoms with Crippen molar-refractivity contribution in [2.45, 2.75) is 51.9 Å². The van der Waals surface area contributed by atoms with Crippen molar-refractivity contribution < 1.29 is 19.3 Å². The van der Waals surface area contributed by atoms with Gasteiger partial charge >= 0.3 is 0 Å². The molecule has 10 heteroatoms. The molecule has 1 saturated heterocycles. The first kappa shape index (κ1) is 24.6. The van der Waals surface area contributed by atoms with Crippen molar-refractivity contribution in [3.8, 4) is 23.1 Å². The van der Waals surface area contributed by atoms with Crippen LogP contribution in [0.5, 0.6) is 11.6 Å². The number of fused-ring (bicyclic) bond motifs is 1. The largest absolute Gasteiger partial charge is 0.491 e. The van der Waals surface area contributed by atoms with Crippen LogP contribution in [0.25, 0.3) is 22.4 Å². The van der Waals surface area contributed by atoms with E-state index in [0.29, 0.717) is 41.8 Å². The van der Waals surface area contributed by atoms with E-state index < -0.39 is 0 Å². The monoisotopic (exact) mass is 480 g/mol. The molecule has 2 aromatic heterocycles. The third-order valence-corrected chi connectivity index (χ3v) is 5.57. The number of ether oxygens (including phenoxy) is 3. The van der Waals surface area contributed by atoms with Crippen molar-refractivity contribution in [1.29, 1.82) is 0 Å². The number of nitrogens with zero attached hydrogens (tertiary/aromatic N) is 5. The van der Waals surface area contributed by atoms with Gasteiger partial charge in [-0.2, -0.15) is 10.1 Å². The fraction of sp³-hybridized carbons (Fsp3) is 0.440. The first-order valence-electron chi connectivity index (χ1n) is 11.8. The number of aliphatic hydroxyl groups excluding tert-OH is 1. The van der Waals surface area contributed by atoms with E-state index in [-0.39, 0.29) is 18.9 Å². The molecule has 3 aromatic rings. The molecule has 4 rings (SSSR count). The summed E-state index contributed by atoms with van der Waals surface area (Å²) in [7, 11) is 1.54. The molecule has 0 amide bonds. The Kier molecular flexibility index (Phi) is 7.94. The number of rotatable bonds is 9. The minimum Gasteiger partial charge on any atom is -0.491 e. The van der Waals surface area contributed by atoms with Gasteiger partial charge in [0, 0.05) is 30.9 Å². The Morgan fingerprint density at radius 3 is 2.86 bits per heavy atom. The zero-order chi connectivity index (χ0) is 24.8. The Morgan fingerprint density at radius 1 is 1.31 bits per heavy atom. The molecule has 1 atom stereocenters. The van der Waals surface area contributed by atoms with Crippen molar-refractivity contribution in [3.05, 3.63) is 36.0 Å². The van der Waals surface area contributed by atoms with Gasteiger partial charge in [-0.05, 0) is 69.5 Å². The maximum atomic E-state index is 9.19. The second-order valence-corrected chi connectivity index (χ2v) is 8.53. The number of aliphatic hydroxyl groups is 1. The van der Waals surface area contributed by atoms with Crippen LogP contribution < -0.4 is 15.2 Å². The van der Waals surface area contributed by atoms with E-state index in [2.05, 4.69) is 15.0 Å². The molecule has 186 valence electrons. The van der Waals surface area contributed by atoms with Crippen LogP contribution in [-0.4, -0.2) is 57.5 Å². The predicted octanol–water partition coefficient (Wildman–Crippen LogP) is 3.92. The molecule has 3 N–H and O–H groups in total. The minimum atomic E-state index is -0.157. The summed E-state index contributed by atoms with van der Waals surface area (Å²) < 4.78 is 19.3. The highest BCUT2D eigenvalue weighted by molar-refractivity contribution is 5.93. The first-order valence-corrected chi connectivity index (χ1v) is 11.8. The summed E-state index contributed by atoms with van der Waals surface area (Å²) in [4.78, 5) is 13.6. The zero-order valence-electron chi connectivity index (χ0n) is 20.3. The van der Waals surface area contributed by atoms with Crippen LogP contribution in [0.4, 0.5) is 5.82 Å². The zero-order valence-corrected chi connectivity index (χ0v) is 20.3. The quantitative estimate of drug-likeness (QED) is 0.441. The van der Waals surface area contributed by atoms with Crippen LogP contribution >= 0.6 is 0 Å². The van der Waals surface area contributed by atoms with Gasteiger partial charge in [0.1, 0.15) is 11.4 Å². The number of hydrogen-bond donors (Lipinski definition) is 2. The average Bonchev–Trinajstić information content (AvgIpc) is 3.25. The lowest BCUT2D eigenvalue weighted by Crippen LogP contribution is -2.19. The van der Waals surface area contributed by atoms with Gasteiger partial charge in [-0.25, -0.2) is 14.7 Å². The number of aliphatic imine (C=N–C) groups is 1. The Balaban J connectivity index is 1.83. The van der Waals surface area contributed by atoms with E-state index in [9.17, 15) is 5.11 Å². The minimum absolute atomic E-state index is 0.0269. The van der Waals surface area contributed by atoms with E-state index in [4.69, 9.17) is 25.0 Å². The summed E-state index contributed by atoms with van der Waals surface area (Å²) in [6.45, 7) is 4.65. The number of nitrogens with two attached hydrogens (primary N) is 1. The second kappa shape index (κ2) is 11.3. The van der Waals surface area contributed by atoms with Crippen molar-refractivity contribution in [3.63, 3.8) is 0 Å². The number of methoxy groups -OCH3 is 1. The van der Waals surface area contributed by atoms with Crippen molar-refractivity contribution in [2.24, 2.45) is 10.7 Å². The van der Waals surface area contributed by atoms with Crippen molar-refractivity contribution in [2.75, 3.05) is 20.3 Å². The lowest BCUT2D eigenvalue weighted by atomic mass is 10.1. The molecule has 35 heavy (non-hydrogen) atoms. The van der Waals surface area contributed by atoms with Crippen LogP contribution in [0, 0.1) is 0 Å². The van der Waals surface area contributed by atoms with E-state index >= 15 is 0 Å². The Bertz CT molecular complexity index is 1210. The highest BCUT2D eigenvalue weighted by Gasteiger charge is 2.24. The smallest absolute Gasteiger partial charge is 0.218 e. The highest BCUT2D eigenvalue weighted by Crippen LogP contribution is 2.35. The maximum absolute atomic E-state index is 9.19. The van der Waals surface area contributed by atoms with Gasteiger partial charge in [0.15, 0.2) is 17.9 Å². The molecule has 0 bridgehead atoms. The molecule has 10 nitrogen and oxygen atoms in total. The van der Waals surface area contributed by atoms with E-state index in [0.717, 1.165) is 35.9 Å². The Morgan fingerprint density at radius 2 is 2.17 bits per heavy atom. The lowest BCUT2D eigenvalue weighted by Gasteiger charge is -2.23. The molecular weight excluding hydrogens is 448 g/mol. The molecule has 1 aliphatic heterocycles. The van der Waals surface area contributed by atoms with Gasteiger partial charge in [-0.1, -0.05) is 0 Å². The molecule has 0 saturated carbocycles. The number of aromatic nitrogens is 4. The van der Waals surface area contributed by atoms with Crippen LogP contribution in [0.15, 0.2) is 41.0 Å². The van der Waals surface area contributed by atoms with Gasteiger partial charge < -0.3 is 25.1 Å². The summed E-state index contributed by atoms with van der Waals surface area (Å²) in [5, 5.41) is 14.9. The molecule has 0 aliphatic carbocycles. The highest BCUT2D eigenvalue weighted by atomic mass is 16.5. The summed E-state index contributed by atoms with van der Waals surface area (Å²) in [6, 6.07) is 7.52. The van der Waals surface area contributed by atoms with Gasteiger partial charge in [0.25, 0.3) is 0 Å². The van der Waals surface area contributed by atoms with E-state index in [1.807, 2.05) is 36.7 Å². The molecule has 1 aromatic carbocycles. The van der Waals surface area contributed by atoms with E-state index in [1.54, 1.807) is 12.3 Å². The van der Waals surface area contributed by atoms with Crippen LogP contribution in [0.1, 0.15) is 45.8 Å². The normalized spacial score (nSPS) is 16.9. The summed E-state index contributed by atoms with van der Waals surface area (Å²) in [5.41, 5.74) is 7.81. The molecule has 0 spiro atoms. The van der Waals surface area contributed by atoms with Gasteiger partial charge in [-0.3, -0.25) is 0 Å². The van der Waals surface area contributed by atoms with Crippen molar-refractivity contribution in [1.82, 2.24) is 19.7 Å². The summed E-state index contributed by atoms with van der Waals surface area (Å²) >= 11 is 0. The van der Waals surface area contributed by atoms with Gasteiger partial charge in [-0.15, -0.1) is 0 Å². The summed E-state index contributed by atoms with van der Waals surface area (Å²) in [5.74, 6) is 1.85. The van der Waals surface area contributed by atoms with Crippen molar-refractivity contribution >= 4 is 22.9 Å². The molecular formula is C25H32N6O4. The molecule has 1 fully saturated rings. The summed E-state index contributed by atoms with van der Waals surface area (Å²) in [6.07, 6.45) is 6.26. The van der Waals surface area contributed by atoms with Gasteiger partial charge in [0.05, 0.1) is 18.7 Å². The van der Waals surface area contributed by atoms with Crippen LogP contribution in [0.2, 0.25) is 0 Å². The fourth-order valence-electron chi connectivity index (χ4n) is 3.93. The standard InChI is InChI=1S/C25H32N6O4/c1-16(2)35-18-7-8-20-19(12-18)24(30-31(20)23-6-4-5-11-34-23)25-28-21(13-22(29-25)33-3)27-15-17(14-26)9-10-32/h7-8,12-16,23,32H,4-6,9-11,26H2,1-3H3. The molecule has 1 unspecified atom stereocenters. The average molecular weight is 481 g/mol. The van der Waals surface area contributed by atoms with E-state index in [1.165, 1.54) is 13.3 Å². The third-order valence-electron chi connectivity index (χ3n) is 5.57. The topological polar surface area (TPSA) is 130 Å². The van der Waals surface area contributed by atoms with Crippen LogP contribution in [-0.2, 0) is 4.74 Å². The fourth-order valence-corrected chi connectivity index (χ4v) is 3.93. The third kappa shape index (κ3) is 5.77. The maximum Gasteiger partial charge on any atom is 0.218 e. The first-order chi connectivity index (χ1) is 17.0. The number of hydrogen-bond acceptors (Lipinski definition) is 9. The Hall–Kier alpha value is -3.50. The second-order valence-electron chi connectivity index (χ2n) is 8.53. The molecule has 1 aliphatic rings.